The summed E-state index contributed by atoms with van der Waals surface area (Å²) in [6.45, 7) is 2.92. The van der Waals surface area contributed by atoms with Crippen molar-refractivity contribution in [1.29, 1.82) is 0 Å². The van der Waals surface area contributed by atoms with Crippen molar-refractivity contribution >= 4 is 0 Å². The van der Waals surface area contributed by atoms with E-state index in [0.717, 1.165) is 43.6 Å². The van der Waals surface area contributed by atoms with Crippen LogP contribution in [0.4, 0.5) is 4.39 Å². The molecule has 0 saturated heterocycles. The van der Waals surface area contributed by atoms with Gasteiger partial charge in [-0.05, 0) is 48.6 Å². The van der Waals surface area contributed by atoms with Gasteiger partial charge in [-0.25, -0.2) is 4.98 Å². The maximum Gasteiger partial charge on any atom is 0.212 e. The number of nitrogens with zero attached hydrogens (tertiary/aromatic N) is 1. The van der Waals surface area contributed by atoms with E-state index in [4.69, 9.17) is 4.74 Å². The first kappa shape index (κ1) is 14.5. The fourth-order valence-corrected chi connectivity index (χ4v) is 1.93. The molecule has 1 heterocycles. The molecule has 0 N–H and O–H groups in total. The molecule has 106 valence electrons. The number of hydrogen-bond donors (Lipinski definition) is 0. The smallest absolute Gasteiger partial charge is 0.212 e. The summed E-state index contributed by atoms with van der Waals surface area (Å²) in [6, 6.07) is 11.4. The molecule has 0 atom stereocenters. The molecule has 0 aliphatic carbocycles. The maximum absolute atomic E-state index is 12.7. The Morgan fingerprint density at radius 3 is 2.35 bits per heavy atom. The highest BCUT2D eigenvalue weighted by Gasteiger charge is 1.99. The van der Waals surface area contributed by atoms with Gasteiger partial charge in [0.25, 0.3) is 0 Å². The average Bonchev–Trinajstić information content (AvgIpc) is 2.48. The highest BCUT2D eigenvalue weighted by Crippen LogP contribution is 2.14. The van der Waals surface area contributed by atoms with Crippen molar-refractivity contribution in [2.24, 2.45) is 0 Å². The van der Waals surface area contributed by atoms with Gasteiger partial charge in [-0.3, -0.25) is 0 Å². The van der Waals surface area contributed by atoms with Crippen LogP contribution in [0.15, 0.2) is 42.6 Å². The van der Waals surface area contributed by atoms with Gasteiger partial charge >= 0.3 is 0 Å². The summed E-state index contributed by atoms with van der Waals surface area (Å²) in [4.78, 5) is 3.66. The standard InChI is InChI=1S/C17H20FNO/c1-2-3-12-20-16-9-6-14(7-10-16)4-5-15-8-11-17(18)19-13-15/h6-11,13H,2-5,12H2,1H3. The Morgan fingerprint density at radius 2 is 1.70 bits per heavy atom. The molecule has 2 aromatic rings. The van der Waals surface area contributed by atoms with E-state index in [-0.39, 0.29) is 0 Å². The molecule has 0 bridgehead atoms. The number of halogens is 1. The molecule has 0 aliphatic rings. The van der Waals surface area contributed by atoms with E-state index in [1.54, 1.807) is 12.3 Å². The molecule has 3 heteroatoms. The lowest BCUT2D eigenvalue weighted by molar-refractivity contribution is 0.309. The van der Waals surface area contributed by atoms with Crippen molar-refractivity contribution in [2.75, 3.05) is 6.61 Å². The van der Waals surface area contributed by atoms with Crippen LogP contribution in [0, 0.1) is 5.95 Å². The van der Waals surface area contributed by atoms with E-state index in [9.17, 15) is 4.39 Å². The monoisotopic (exact) mass is 273 g/mol. The zero-order chi connectivity index (χ0) is 14.2. The van der Waals surface area contributed by atoms with E-state index in [1.165, 1.54) is 11.6 Å². The van der Waals surface area contributed by atoms with Gasteiger partial charge in [0.2, 0.25) is 5.95 Å². The fourth-order valence-electron chi connectivity index (χ4n) is 1.93. The largest absolute Gasteiger partial charge is 0.494 e. The predicted molar refractivity (Wildman–Crippen MR) is 78.4 cm³/mol. The van der Waals surface area contributed by atoms with Crippen molar-refractivity contribution in [3.63, 3.8) is 0 Å². The van der Waals surface area contributed by atoms with Gasteiger partial charge in [0, 0.05) is 6.20 Å². The molecule has 1 aromatic carbocycles. The summed E-state index contributed by atoms with van der Waals surface area (Å²) in [5.74, 6) is 0.493. The maximum atomic E-state index is 12.7. The Bertz CT molecular complexity index is 508. The number of ether oxygens (including phenoxy) is 1. The summed E-state index contributed by atoms with van der Waals surface area (Å²) >= 11 is 0. The van der Waals surface area contributed by atoms with E-state index in [1.807, 2.05) is 12.1 Å². The molecule has 2 nitrogen and oxygen atoms in total. The van der Waals surface area contributed by atoms with Crippen molar-refractivity contribution in [1.82, 2.24) is 4.98 Å². The summed E-state index contributed by atoms with van der Waals surface area (Å²) in [5, 5.41) is 0. The van der Waals surface area contributed by atoms with Crippen LogP contribution in [-0.4, -0.2) is 11.6 Å². The summed E-state index contributed by atoms with van der Waals surface area (Å²) in [6.07, 6.45) is 5.60. The van der Waals surface area contributed by atoms with Gasteiger partial charge in [0.15, 0.2) is 0 Å². The van der Waals surface area contributed by atoms with Crippen LogP contribution in [0.25, 0.3) is 0 Å². The molecule has 1 aromatic heterocycles. The topological polar surface area (TPSA) is 22.1 Å². The molecular formula is C17H20FNO. The van der Waals surface area contributed by atoms with Gasteiger partial charge in [0.05, 0.1) is 6.61 Å². The molecule has 0 fully saturated rings. The number of hydrogen-bond acceptors (Lipinski definition) is 2. The molecule has 0 amide bonds. The first-order valence-corrected chi connectivity index (χ1v) is 7.10. The normalized spacial score (nSPS) is 10.5. The lowest BCUT2D eigenvalue weighted by Gasteiger charge is -2.06. The van der Waals surface area contributed by atoms with Crippen molar-refractivity contribution in [2.45, 2.75) is 32.6 Å². The van der Waals surface area contributed by atoms with Gasteiger partial charge in [-0.2, -0.15) is 4.39 Å². The van der Waals surface area contributed by atoms with Gasteiger partial charge in [0.1, 0.15) is 5.75 Å². The minimum atomic E-state index is -0.428. The Balaban J connectivity index is 1.82. The van der Waals surface area contributed by atoms with Crippen molar-refractivity contribution in [3.05, 3.63) is 59.7 Å². The Morgan fingerprint density at radius 1 is 1.00 bits per heavy atom. The van der Waals surface area contributed by atoms with E-state index in [0.29, 0.717) is 0 Å². The summed E-state index contributed by atoms with van der Waals surface area (Å²) in [7, 11) is 0. The second kappa shape index (κ2) is 7.63. The molecule has 0 spiro atoms. The molecule has 0 unspecified atom stereocenters. The van der Waals surface area contributed by atoms with Crippen LogP contribution < -0.4 is 4.74 Å². The zero-order valence-electron chi connectivity index (χ0n) is 11.8. The first-order chi connectivity index (χ1) is 9.78. The fraction of sp³-hybridized carbons (Fsp3) is 0.353. The quantitative estimate of drug-likeness (QED) is 0.557. The van der Waals surface area contributed by atoms with Crippen LogP contribution in [0.3, 0.4) is 0 Å². The van der Waals surface area contributed by atoms with Gasteiger partial charge in [-0.15, -0.1) is 0 Å². The third-order valence-electron chi connectivity index (χ3n) is 3.18. The molecule has 20 heavy (non-hydrogen) atoms. The zero-order valence-corrected chi connectivity index (χ0v) is 11.8. The Hall–Kier alpha value is -1.90. The third kappa shape index (κ3) is 4.65. The van der Waals surface area contributed by atoms with Crippen LogP contribution in [0.5, 0.6) is 5.75 Å². The number of benzene rings is 1. The van der Waals surface area contributed by atoms with Crippen LogP contribution in [0.1, 0.15) is 30.9 Å². The van der Waals surface area contributed by atoms with Crippen molar-refractivity contribution in [3.8, 4) is 5.75 Å². The first-order valence-electron chi connectivity index (χ1n) is 7.10. The summed E-state index contributed by atoms with van der Waals surface area (Å²) in [5.41, 5.74) is 2.30. The van der Waals surface area contributed by atoms with E-state index in [2.05, 4.69) is 24.0 Å². The highest BCUT2D eigenvalue weighted by atomic mass is 19.1. The number of pyridine rings is 1. The van der Waals surface area contributed by atoms with Crippen molar-refractivity contribution < 1.29 is 9.13 Å². The molecule has 0 radical (unpaired) electrons. The van der Waals surface area contributed by atoms with Crippen LogP contribution >= 0.6 is 0 Å². The number of unbranched alkanes of at least 4 members (excludes halogenated alkanes) is 1. The predicted octanol–water partition coefficient (Wildman–Crippen LogP) is 4.18. The molecule has 2 rings (SSSR count). The van der Waals surface area contributed by atoms with Gasteiger partial charge < -0.3 is 4.74 Å². The molecule has 0 saturated carbocycles. The lowest BCUT2D eigenvalue weighted by atomic mass is 10.1. The highest BCUT2D eigenvalue weighted by molar-refractivity contribution is 5.28. The average molecular weight is 273 g/mol. The number of rotatable bonds is 7. The number of aryl methyl sites for hydroxylation is 2. The minimum Gasteiger partial charge on any atom is -0.494 e. The molecular weight excluding hydrogens is 253 g/mol. The van der Waals surface area contributed by atoms with E-state index >= 15 is 0 Å². The Labute approximate surface area is 119 Å². The second-order valence-corrected chi connectivity index (χ2v) is 4.84. The second-order valence-electron chi connectivity index (χ2n) is 4.84. The Kier molecular flexibility index (Phi) is 5.54. The van der Waals surface area contributed by atoms with E-state index < -0.39 is 5.95 Å². The minimum absolute atomic E-state index is 0.428. The SMILES string of the molecule is CCCCOc1ccc(CCc2ccc(F)nc2)cc1. The van der Waals surface area contributed by atoms with Crippen LogP contribution in [-0.2, 0) is 12.8 Å². The lowest BCUT2D eigenvalue weighted by Crippen LogP contribution is -1.97. The molecule has 0 aliphatic heterocycles. The summed E-state index contributed by atoms with van der Waals surface area (Å²) < 4.78 is 18.3. The van der Waals surface area contributed by atoms with Gasteiger partial charge in [-0.1, -0.05) is 31.5 Å². The third-order valence-corrected chi connectivity index (χ3v) is 3.18. The number of aromatic nitrogens is 1. The van der Waals surface area contributed by atoms with Crippen LogP contribution in [0.2, 0.25) is 0 Å².